The lowest BCUT2D eigenvalue weighted by molar-refractivity contribution is -0.108. The first kappa shape index (κ1) is 9.42. The second-order valence-corrected chi connectivity index (χ2v) is 5.18. The highest BCUT2D eigenvalue weighted by atomic mass is 79.9. The van der Waals surface area contributed by atoms with Crippen molar-refractivity contribution in [3.8, 4) is 0 Å². The first-order chi connectivity index (χ1) is 5.27. The highest BCUT2D eigenvalue weighted by Crippen LogP contribution is 2.28. The van der Waals surface area contributed by atoms with Crippen LogP contribution < -0.4 is 0 Å². The lowest BCUT2D eigenvalue weighted by Gasteiger charge is -1.99. The van der Waals surface area contributed by atoms with Crippen molar-refractivity contribution < 1.29 is 4.79 Å². The van der Waals surface area contributed by atoms with E-state index in [1.54, 1.807) is 11.3 Å². The lowest BCUT2D eigenvalue weighted by atomic mass is 10.2. The molecule has 1 nitrogen and oxygen atoms in total. The molecule has 0 amide bonds. The Bertz CT molecular complexity index is 246. The van der Waals surface area contributed by atoms with E-state index in [0.717, 1.165) is 14.9 Å². The molecule has 0 aliphatic rings. The van der Waals surface area contributed by atoms with Crippen molar-refractivity contribution in [2.24, 2.45) is 0 Å². The Balaban J connectivity index is 2.81. The van der Waals surface area contributed by atoms with E-state index in [0.29, 0.717) is 5.33 Å². The zero-order valence-corrected chi connectivity index (χ0v) is 9.58. The third kappa shape index (κ3) is 2.39. The molecule has 11 heavy (non-hydrogen) atoms. The number of halogens is 2. The van der Waals surface area contributed by atoms with Gasteiger partial charge in [-0.2, -0.15) is 0 Å². The molecule has 4 heteroatoms. The summed E-state index contributed by atoms with van der Waals surface area (Å²) in [5.41, 5.74) is 0. The number of aldehydes is 1. The minimum Gasteiger partial charge on any atom is -0.303 e. The van der Waals surface area contributed by atoms with Crippen LogP contribution in [0.15, 0.2) is 15.9 Å². The predicted molar refractivity (Wildman–Crippen MR) is 54.6 cm³/mol. The molecule has 0 saturated carbocycles. The highest BCUT2D eigenvalue weighted by molar-refractivity contribution is 9.11. The summed E-state index contributed by atoms with van der Waals surface area (Å²) in [7, 11) is 0. The molecule has 60 valence electrons. The Morgan fingerprint density at radius 2 is 2.36 bits per heavy atom. The fourth-order valence-electron chi connectivity index (χ4n) is 0.707. The van der Waals surface area contributed by atoms with Crippen LogP contribution in [0.2, 0.25) is 0 Å². The van der Waals surface area contributed by atoms with Crippen LogP contribution in [0, 0.1) is 0 Å². The molecule has 1 aromatic rings. The van der Waals surface area contributed by atoms with Crippen LogP contribution in [-0.2, 0) is 4.79 Å². The van der Waals surface area contributed by atoms with E-state index in [9.17, 15) is 4.79 Å². The van der Waals surface area contributed by atoms with Crippen molar-refractivity contribution in [1.82, 2.24) is 0 Å². The molecule has 0 saturated heterocycles. The van der Waals surface area contributed by atoms with Crippen molar-refractivity contribution in [1.29, 1.82) is 0 Å². The first-order valence-corrected chi connectivity index (χ1v) is 5.77. The summed E-state index contributed by atoms with van der Waals surface area (Å²) in [4.78, 5) is 11.6. The average molecular weight is 298 g/mol. The number of carbonyl (C=O) groups is 1. The fraction of sp³-hybridized carbons (Fsp3) is 0.286. The fourth-order valence-corrected chi connectivity index (χ4v) is 2.90. The average Bonchev–Trinajstić information content (AvgIpc) is 2.39. The summed E-state index contributed by atoms with van der Waals surface area (Å²) in [5.74, 6) is 0.00583. The van der Waals surface area contributed by atoms with Crippen molar-refractivity contribution in [2.75, 3.05) is 5.33 Å². The zero-order valence-electron chi connectivity index (χ0n) is 5.59. The molecule has 0 radical (unpaired) electrons. The van der Waals surface area contributed by atoms with E-state index >= 15 is 0 Å². The van der Waals surface area contributed by atoms with E-state index in [2.05, 4.69) is 31.9 Å². The van der Waals surface area contributed by atoms with Gasteiger partial charge in [-0.25, -0.2) is 0 Å². The zero-order chi connectivity index (χ0) is 8.27. The van der Waals surface area contributed by atoms with Gasteiger partial charge in [-0.3, -0.25) is 0 Å². The van der Waals surface area contributed by atoms with E-state index < -0.39 is 0 Å². The Labute approximate surface area is 86.1 Å². The van der Waals surface area contributed by atoms with Gasteiger partial charge in [0.25, 0.3) is 0 Å². The molecule has 1 unspecified atom stereocenters. The van der Waals surface area contributed by atoms with Gasteiger partial charge in [-0.05, 0) is 28.1 Å². The third-order valence-corrected chi connectivity index (χ3v) is 3.74. The Morgan fingerprint density at radius 3 is 2.73 bits per heavy atom. The normalized spacial score (nSPS) is 12.9. The van der Waals surface area contributed by atoms with Gasteiger partial charge in [0, 0.05) is 10.2 Å². The number of carbonyl (C=O) groups excluding carboxylic acids is 1. The van der Waals surface area contributed by atoms with E-state index in [-0.39, 0.29) is 5.92 Å². The number of thiophene rings is 1. The molecule has 0 aliphatic carbocycles. The van der Waals surface area contributed by atoms with E-state index in [1.165, 1.54) is 0 Å². The van der Waals surface area contributed by atoms with Gasteiger partial charge in [0.15, 0.2) is 0 Å². The molecule has 0 N–H and O–H groups in total. The van der Waals surface area contributed by atoms with Crippen LogP contribution >= 0.6 is 43.2 Å². The maximum atomic E-state index is 10.5. The molecular formula is C7H6Br2OS. The first-order valence-electron chi connectivity index (χ1n) is 3.04. The van der Waals surface area contributed by atoms with Crippen molar-refractivity contribution >= 4 is 49.5 Å². The maximum absolute atomic E-state index is 10.5. The predicted octanol–water partition coefficient (Wildman–Crippen LogP) is 3.19. The Kier molecular flexibility index (Phi) is 3.75. The van der Waals surface area contributed by atoms with Gasteiger partial charge in [0.2, 0.25) is 0 Å². The number of rotatable bonds is 3. The van der Waals surface area contributed by atoms with E-state index in [1.807, 2.05) is 12.1 Å². The number of alkyl halides is 1. The second-order valence-electron chi connectivity index (χ2n) is 2.04. The summed E-state index contributed by atoms with van der Waals surface area (Å²) >= 11 is 8.23. The largest absolute Gasteiger partial charge is 0.303 e. The van der Waals surface area contributed by atoms with Crippen LogP contribution in [0.1, 0.15) is 10.8 Å². The monoisotopic (exact) mass is 296 g/mol. The molecule has 1 rings (SSSR count). The van der Waals surface area contributed by atoms with Crippen LogP contribution in [0.25, 0.3) is 0 Å². The van der Waals surface area contributed by atoms with Crippen LogP contribution in [-0.4, -0.2) is 11.6 Å². The van der Waals surface area contributed by atoms with Gasteiger partial charge >= 0.3 is 0 Å². The molecule has 0 aromatic carbocycles. The van der Waals surface area contributed by atoms with Gasteiger partial charge < -0.3 is 4.79 Å². The van der Waals surface area contributed by atoms with Crippen LogP contribution in [0.5, 0.6) is 0 Å². The van der Waals surface area contributed by atoms with E-state index in [4.69, 9.17) is 0 Å². The second kappa shape index (κ2) is 4.38. The third-order valence-electron chi connectivity index (χ3n) is 1.29. The van der Waals surface area contributed by atoms with Crippen LogP contribution in [0.4, 0.5) is 0 Å². The molecule has 1 atom stereocenters. The standard InChI is InChI=1S/C7H6Br2OS/c8-3-5(4-10)6-1-2-7(9)11-6/h1-2,4-5H,3H2. The van der Waals surface area contributed by atoms with Gasteiger partial charge in [0.1, 0.15) is 6.29 Å². The smallest absolute Gasteiger partial charge is 0.129 e. The minimum absolute atomic E-state index is 0.00583. The summed E-state index contributed by atoms with van der Waals surface area (Å²) in [5, 5.41) is 0.698. The summed E-state index contributed by atoms with van der Waals surface area (Å²) < 4.78 is 1.07. The molecular weight excluding hydrogens is 292 g/mol. The highest BCUT2D eigenvalue weighted by Gasteiger charge is 2.10. The number of hydrogen-bond acceptors (Lipinski definition) is 2. The minimum atomic E-state index is 0.00583. The molecule has 0 fully saturated rings. The van der Waals surface area contributed by atoms with Gasteiger partial charge in [-0.1, -0.05) is 15.9 Å². The number of hydrogen-bond donors (Lipinski definition) is 0. The molecule has 0 bridgehead atoms. The molecule has 0 aliphatic heterocycles. The molecule has 0 spiro atoms. The van der Waals surface area contributed by atoms with Crippen molar-refractivity contribution in [2.45, 2.75) is 5.92 Å². The lowest BCUT2D eigenvalue weighted by Crippen LogP contribution is -1.97. The van der Waals surface area contributed by atoms with Crippen LogP contribution in [0.3, 0.4) is 0 Å². The Hall–Kier alpha value is 0.330. The summed E-state index contributed by atoms with van der Waals surface area (Å²) in [6.07, 6.45) is 0.965. The summed E-state index contributed by atoms with van der Waals surface area (Å²) in [6.45, 7) is 0. The molecule has 1 heterocycles. The topological polar surface area (TPSA) is 17.1 Å². The maximum Gasteiger partial charge on any atom is 0.129 e. The molecule has 1 aromatic heterocycles. The SMILES string of the molecule is O=CC(CBr)c1ccc(Br)s1. The summed E-state index contributed by atoms with van der Waals surface area (Å²) in [6, 6.07) is 3.92. The van der Waals surface area contributed by atoms with Gasteiger partial charge in [-0.15, -0.1) is 11.3 Å². The van der Waals surface area contributed by atoms with Crippen molar-refractivity contribution in [3.63, 3.8) is 0 Å². The van der Waals surface area contributed by atoms with Gasteiger partial charge in [0.05, 0.1) is 9.70 Å². The Morgan fingerprint density at radius 1 is 1.64 bits per heavy atom. The van der Waals surface area contributed by atoms with Crippen molar-refractivity contribution in [3.05, 3.63) is 20.8 Å². The quantitative estimate of drug-likeness (QED) is 0.619.